The molecule has 0 aliphatic rings. The Hall–Kier alpha value is -0.680. The van der Waals surface area contributed by atoms with Crippen molar-refractivity contribution in [3.05, 3.63) is 33.3 Å². The van der Waals surface area contributed by atoms with E-state index in [9.17, 15) is 13.6 Å². The maximum absolute atomic E-state index is 12.1. The van der Waals surface area contributed by atoms with E-state index in [4.69, 9.17) is 11.6 Å². The van der Waals surface area contributed by atoms with Crippen molar-refractivity contribution in [2.75, 3.05) is 13.6 Å². The average molecular weight is 313 g/mol. The van der Waals surface area contributed by atoms with E-state index in [0.29, 0.717) is 4.47 Å². The Morgan fingerprint density at radius 2 is 2.19 bits per heavy atom. The number of carbonyl (C=O) groups is 1. The maximum atomic E-state index is 12.1. The molecule has 1 amide bonds. The third kappa shape index (κ3) is 3.42. The van der Waals surface area contributed by atoms with Crippen LogP contribution in [0.5, 0.6) is 0 Å². The predicted molar refractivity (Wildman–Crippen MR) is 62.1 cm³/mol. The van der Waals surface area contributed by atoms with Crippen LogP contribution in [0.15, 0.2) is 22.7 Å². The number of rotatable bonds is 3. The Kier molecular flexibility index (Phi) is 4.68. The summed E-state index contributed by atoms with van der Waals surface area (Å²) in [4.78, 5) is 12.7. The second-order valence-corrected chi connectivity index (χ2v) is 4.52. The molecule has 0 spiro atoms. The fraction of sp³-hybridized carbons (Fsp3) is 0.300. The van der Waals surface area contributed by atoms with Gasteiger partial charge < -0.3 is 4.90 Å². The van der Waals surface area contributed by atoms with Crippen molar-refractivity contribution in [3.63, 3.8) is 0 Å². The summed E-state index contributed by atoms with van der Waals surface area (Å²) in [6.07, 6.45) is -2.56. The molecular formula is C10H9BrClF2NO. The summed E-state index contributed by atoms with van der Waals surface area (Å²) in [5.74, 6) is -0.522. The molecule has 0 fully saturated rings. The number of benzene rings is 1. The molecule has 0 saturated carbocycles. The van der Waals surface area contributed by atoms with Crippen molar-refractivity contribution in [2.24, 2.45) is 0 Å². The Labute approximate surface area is 105 Å². The van der Waals surface area contributed by atoms with Crippen LogP contribution in [-0.2, 0) is 0 Å². The van der Waals surface area contributed by atoms with Crippen LogP contribution >= 0.6 is 27.5 Å². The van der Waals surface area contributed by atoms with Crippen molar-refractivity contribution in [1.82, 2.24) is 4.90 Å². The summed E-state index contributed by atoms with van der Waals surface area (Å²) in [6, 6.07) is 4.72. The fourth-order valence-electron chi connectivity index (χ4n) is 1.16. The van der Waals surface area contributed by atoms with Crippen LogP contribution in [0.1, 0.15) is 10.4 Å². The first-order chi connectivity index (χ1) is 7.41. The summed E-state index contributed by atoms with van der Waals surface area (Å²) in [5, 5.41) is 0.245. The monoisotopic (exact) mass is 311 g/mol. The average Bonchev–Trinajstić information content (AvgIpc) is 2.19. The van der Waals surface area contributed by atoms with Crippen LogP contribution in [0.25, 0.3) is 0 Å². The second kappa shape index (κ2) is 5.59. The molecule has 0 radical (unpaired) electrons. The van der Waals surface area contributed by atoms with Crippen LogP contribution in [0.4, 0.5) is 8.78 Å². The number of carbonyl (C=O) groups excluding carboxylic acids is 1. The van der Waals surface area contributed by atoms with Gasteiger partial charge in [-0.1, -0.05) is 27.5 Å². The first-order valence-electron chi connectivity index (χ1n) is 4.40. The van der Waals surface area contributed by atoms with E-state index in [1.165, 1.54) is 19.2 Å². The first kappa shape index (κ1) is 13.4. The minimum Gasteiger partial charge on any atom is -0.336 e. The minimum absolute atomic E-state index is 0.208. The lowest BCUT2D eigenvalue weighted by Gasteiger charge is -2.17. The number of hydrogen-bond donors (Lipinski definition) is 0. The van der Waals surface area contributed by atoms with Gasteiger partial charge in [-0.25, -0.2) is 8.78 Å². The quantitative estimate of drug-likeness (QED) is 0.837. The fourth-order valence-corrected chi connectivity index (χ4v) is 1.72. The van der Waals surface area contributed by atoms with E-state index in [2.05, 4.69) is 15.9 Å². The lowest BCUT2D eigenvalue weighted by atomic mass is 10.2. The first-order valence-corrected chi connectivity index (χ1v) is 5.57. The van der Waals surface area contributed by atoms with E-state index >= 15 is 0 Å². The SMILES string of the molecule is CN(CC(F)F)C(=O)c1cc(Br)ccc1Cl. The molecule has 0 aliphatic heterocycles. The predicted octanol–water partition coefficient (Wildman–Crippen LogP) is 3.44. The number of hydrogen-bond acceptors (Lipinski definition) is 1. The molecule has 16 heavy (non-hydrogen) atoms. The minimum atomic E-state index is -2.56. The number of amides is 1. The molecule has 1 aromatic rings. The normalized spacial score (nSPS) is 10.6. The molecule has 0 N–H and O–H groups in total. The third-order valence-electron chi connectivity index (χ3n) is 1.92. The Bertz CT molecular complexity index is 400. The highest BCUT2D eigenvalue weighted by Crippen LogP contribution is 2.22. The molecule has 1 aromatic carbocycles. The second-order valence-electron chi connectivity index (χ2n) is 3.20. The highest BCUT2D eigenvalue weighted by molar-refractivity contribution is 9.10. The number of halogens is 4. The molecule has 88 valence electrons. The standard InChI is InChI=1S/C10H9BrClF2NO/c1-15(5-9(13)14)10(16)7-4-6(11)2-3-8(7)12/h2-4,9H,5H2,1H3. The smallest absolute Gasteiger partial charge is 0.255 e. The van der Waals surface area contributed by atoms with Crippen molar-refractivity contribution in [2.45, 2.75) is 6.43 Å². The Morgan fingerprint density at radius 3 is 2.75 bits per heavy atom. The molecule has 0 atom stereocenters. The molecule has 6 heteroatoms. The molecule has 2 nitrogen and oxygen atoms in total. The van der Waals surface area contributed by atoms with Gasteiger partial charge in [-0.05, 0) is 18.2 Å². The molecule has 0 bridgehead atoms. The van der Waals surface area contributed by atoms with Crippen LogP contribution in [0.3, 0.4) is 0 Å². The molecule has 0 heterocycles. The van der Waals surface area contributed by atoms with E-state index in [1.54, 1.807) is 6.07 Å². The van der Waals surface area contributed by atoms with Crippen LogP contribution in [0.2, 0.25) is 5.02 Å². The van der Waals surface area contributed by atoms with Crippen LogP contribution < -0.4 is 0 Å². The van der Waals surface area contributed by atoms with Gasteiger partial charge in [-0.15, -0.1) is 0 Å². The summed E-state index contributed by atoms with van der Waals surface area (Å²) >= 11 is 9.00. The topological polar surface area (TPSA) is 20.3 Å². The van der Waals surface area contributed by atoms with Gasteiger partial charge in [0.05, 0.1) is 17.1 Å². The molecular weight excluding hydrogens is 303 g/mol. The lowest BCUT2D eigenvalue weighted by molar-refractivity contribution is 0.0620. The highest BCUT2D eigenvalue weighted by Gasteiger charge is 2.18. The Balaban J connectivity index is 2.91. The zero-order valence-corrected chi connectivity index (χ0v) is 10.7. The molecule has 0 aromatic heterocycles. The van der Waals surface area contributed by atoms with E-state index in [0.717, 1.165) is 4.90 Å². The lowest BCUT2D eigenvalue weighted by Crippen LogP contribution is -2.31. The van der Waals surface area contributed by atoms with E-state index in [-0.39, 0.29) is 10.6 Å². The summed E-state index contributed by atoms with van der Waals surface area (Å²) in [5.41, 5.74) is 0.208. The maximum Gasteiger partial charge on any atom is 0.255 e. The van der Waals surface area contributed by atoms with Gasteiger partial charge in [0.2, 0.25) is 0 Å². The van der Waals surface area contributed by atoms with Crippen LogP contribution in [-0.4, -0.2) is 30.8 Å². The highest BCUT2D eigenvalue weighted by atomic mass is 79.9. The van der Waals surface area contributed by atoms with Crippen molar-refractivity contribution in [3.8, 4) is 0 Å². The molecule has 0 aliphatic carbocycles. The van der Waals surface area contributed by atoms with Crippen molar-refractivity contribution >= 4 is 33.4 Å². The van der Waals surface area contributed by atoms with Gasteiger partial charge in [0.15, 0.2) is 0 Å². The zero-order valence-electron chi connectivity index (χ0n) is 8.38. The molecule has 0 saturated heterocycles. The number of nitrogens with zero attached hydrogens (tertiary/aromatic N) is 1. The molecule has 0 unspecified atom stereocenters. The summed E-state index contributed by atoms with van der Waals surface area (Å²) in [7, 11) is 1.31. The van der Waals surface area contributed by atoms with Gasteiger partial charge >= 0.3 is 0 Å². The molecule has 1 rings (SSSR count). The number of alkyl halides is 2. The van der Waals surface area contributed by atoms with Gasteiger partial charge in [0.1, 0.15) is 0 Å². The van der Waals surface area contributed by atoms with E-state index in [1.807, 2.05) is 0 Å². The van der Waals surface area contributed by atoms with Crippen LogP contribution in [0, 0.1) is 0 Å². The van der Waals surface area contributed by atoms with E-state index < -0.39 is 18.9 Å². The van der Waals surface area contributed by atoms with Gasteiger partial charge in [0.25, 0.3) is 12.3 Å². The van der Waals surface area contributed by atoms with Crippen molar-refractivity contribution < 1.29 is 13.6 Å². The zero-order chi connectivity index (χ0) is 12.3. The van der Waals surface area contributed by atoms with Crippen molar-refractivity contribution in [1.29, 1.82) is 0 Å². The third-order valence-corrected chi connectivity index (χ3v) is 2.74. The largest absolute Gasteiger partial charge is 0.336 e. The Morgan fingerprint density at radius 1 is 1.56 bits per heavy atom. The van der Waals surface area contributed by atoms with Gasteiger partial charge in [0, 0.05) is 11.5 Å². The van der Waals surface area contributed by atoms with Gasteiger partial charge in [-0.3, -0.25) is 4.79 Å². The summed E-state index contributed by atoms with van der Waals surface area (Å²) in [6.45, 7) is -0.609. The van der Waals surface area contributed by atoms with Gasteiger partial charge in [-0.2, -0.15) is 0 Å². The summed E-state index contributed by atoms with van der Waals surface area (Å²) < 4.78 is 24.9.